The number of methoxy groups -OCH3 is 1. The van der Waals surface area contributed by atoms with Gasteiger partial charge in [0.05, 0.1) is 7.11 Å². The van der Waals surface area contributed by atoms with E-state index >= 15 is 0 Å². The lowest BCUT2D eigenvalue weighted by atomic mass is 10.1. The van der Waals surface area contributed by atoms with E-state index in [1.807, 2.05) is 12.1 Å². The Labute approximate surface area is 128 Å². The summed E-state index contributed by atoms with van der Waals surface area (Å²) in [5.41, 5.74) is 8.53. The Morgan fingerprint density at radius 1 is 1.35 bits per heavy atom. The second kappa shape index (κ2) is 6.95. The fraction of sp³-hybridized carbons (Fsp3) is 0.375. The Kier molecular flexibility index (Phi) is 5.26. The predicted molar refractivity (Wildman–Crippen MR) is 86.2 cm³/mol. The quantitative estimate of drug-likeness (QED) is 0.875. The molecule has 2 rings (SSSR count). The average molecular weight is 337 g/mol. The molecule has 0 aliphatic carbocycles. The zero-order valence-electron chi connectivity index (χ0n) is 12.0. The van der Waals surface area contributed by atoms with Crippen LogP contribution in [0.3, 0.4) is 0 Å². The highest BCUT2D eigenvalue weighted by atomic mass is 79.9. The third-order valence-electron chi connectivity index (χ3n) is 3.51. The van der Waals surface area contributed by atoms with E-state index in [1.54, 1.807) is 7.11 Å². The molecule has 1 aromatic heterocycles. The second-order valence-electron chi connectivity index (χ2n) is 4.96. The van der Waals surface area contributed by atoms with Gasteiger partial charge in [0.2, 0.25) is 0 Å². The van der Waals surface area contributed by atoms with Crippen molar-refractivity contribution < 1.29 is 4.74 Å². The number of ether oxygens (including phenoxy) is 1. The summed E-state index contributed by atoms with van der Waals surface area (Å²) in [7, 11) is 1.69. The number of nitrogens with two attached hydrogens (primary N) is 1. The first-order valence-electron chi connectivity index (χ1n) is 6.86. The van der Waals surface area contributed by atoms with Crippen LogP contribution in [-0.4, -0.2) is 17.7 Å². The van der Waals surface area contributed by atoms with E-state index in [2.05, 4.69) is 51.8 Å². The van der Waals surface area contributed by atoms with Crippen LogP contribution in [0.2, 0.25) is 0 Å². The molecule has 1 unspecified atom stereocenters. The van der Waals surface area contributed by atoms with Gasteiger partial charge in [-0.05, 0) is 42.3 Å². The number of nitrogens with zero attached hydrogens (tertiary/aromatic N) is 1. The number of hydrogen-bond acceptors (Lipinski definition) is 2. The Hall–Kier alpha value is -1.26. The summed E-state index contributed by atoms with van der Waals surface area (Å²) in [6.45, 7) is 2.94. The van der Waals surface area contributed by atoms with Gasteiger partial charge in [-0.25, -0.2) is 0 Å². The molecular weight excluding hydrogens is 316 g/mol. The number of rotatable bonds is 6. The van der Waals surface area contributed by atoms with Crippen molar-refractivity contribution in [3.05, 3.63) is 52.3 Å². The van der Waals surface area contributed by atoms with Gasteiger partial charge in [-0.2, -0.15) is 0 Å². The van der Waals surface area contributed by atoms with Crippen molar-refractivity contribution in [1.82, 2.24) is 4.57 Å². The lowest BCUT2D eigenvalue weighted by Crippen LogP contribution is -2.23. The van der Waals surface area contributed by atoms with E-state index in [9.17, 15) is 0 Å². The van der Waals surface area contributed by atoms with Gasteiger partial charge < -0.3 is 15.0 Å². The molecule has 0 saturated carbocycles. The smallest absolute Gasteiger partial charge is 0.119 e. The monoisotopic (exact) mass is 336 g/mol. The number of halogens is 1. The van der Waals surface area contributed by atoms with Crippen LogP contribution in [0.1, 0.15) is 24.6 Å². The molecule has 20 heavy (non-hydrogen) atoms. The van der Waals surface area contributed by atoms with Crippen LogP contribution in [0.4, 0.5) is 0 Å². The van der Waals surface area contributed by atoms with Crippen LogP contribution in [0, 0.1) is 0 Å². The third-order valence-corrected chi connectivity index (χ3v) is 4.29. The van der Waals surface area contributed by atoms with Crippen molar-refractivity contribution in [2.24, 2.45) is 5.73 Å². The summed E-state index contributed by atoms with van der Waals surface area (Å²) < 4.78 is 8.63. The summed E-state index contributed by atoms with van der Waals surface area (Å²) in [6, 6.07) is 10.5. The highest BCUT2D eigenvalue weighted by molar-refractivity contribution is 9.10. The summed E-state index contributed by atoms with van der Waals surface area (Å²) in [5, 5.41) is 0. The van der Waals surface area contributed by atoms with Gasteiger partial charge >= 0.3 is 0 Å². The molecule has 0 aliphatic heterocycles. The molecular formula is C16H21BrN2O. The maximum Gasteiger partial charge on any atom is 0.119 e. The molecule has 0 amide bonds. The fourth-order valence-electron chi connectivity index (χ4n) is 2.18. The Bertz CT molecular complexity index is 565. The molecule has 0 spiro atoms. The topological polar surface area (TPSA) is 40.2 Å². The summed E-state index contributed by atoms with van der Waals surface area (Å²) >= 11 is 3.60. The summed E-state index contributed by atoms with van der Waals surface area (Å²) in [5.74, 6) is 0.877. The lowest BCUT2D eigenvalue weighted by molar-refractivity contribution is 0.414. The van der Waals surface area contributed by atoms with E-state index in [0.29, 0.717) is 0 Å². The minimum Gasteiger partial charge on any atom is -0.497 e. The number of hydrogen-bond donors (Lipinski definition) is 1. The lowest BCUT2D eigenvalue weighted by Gasteiger charge is -2.14. The standard InChI is InChI=1S/C16H21BrN2O/c1-3-13(18)10-14-5-4-8-19(14)11-12-9-15(20-2)6-7-16(12)17/h4-9,13H,3,10-11,18H2,1-2H3. The normalized spacial score (nSPS) is 12.4. The third kappa shape index (κ3) is 3.64. The van der Waals surface area contributed by atoms with Crippen LogP contribution < -0.4 is 10.5 Å². The molecule has 2 aromatic rings. The molecule has 3 nitrogen and oxygen atoms in total. The first kappa shape index (κ1) is 15.1. The van der Waals surface area contributed by atoms with Crippen molar-refractivity contribution in [1.29, 1.82) is 0 Å². The maximum absolute atomic E-state index is 6.06. The van der Waals surface area contributed by atoms with E-state index in [0.717, 1.165) is 29.6 Å². The molecule has 108 valence electrons. The van der Waals surface area contributed by atoms with Gasteiger partial charge in [-0.3, -0.25) is 0 Å². The molecule has 1 heterocycles. The molecule has 1 atom stereocenters. The first-order chi connectivity index (χ1) is 9.63. The fourth-order valence-corrected chi connectivity index (χ4v) is 2.56. The van der Waals surface area contributed by atoms with Crippen LogP contribution in [0.5, 0.6) is 5.75 Å². The first-order valence-corrected chi connectivity index (χ1v) is 7.65. The van der Waals surface area contributed by atoms with Crippen molar-refractivity contribution >= 4 is 15.9 Å². The van der Waals surface area contributed by atoms with E-state index < -0.39 is 0 Å². The van der Waals surface area contributed by atoms with Gasteiger partial charge in [0.1, 0.15) is 5.75 Å². The van der Waals surface area contributed by atoms with Crippen LogP contribution in [-0.2, 0) is 13.0 Å². The Morgan fingerprint density at radius 2 is 2.15 bits per heavy atom. The zero-order valence-corrected chi connectivity index (χ0v) is 13.6. The van der Waals surface area contributed by atoms with E-state index in [1.165, 1.54) is 11.3 Å². The van der Waals surface area contributed by atoms with E-state index in [-0.39, 0.29) is 6.04 Å². The SMILES string of the molecule is CCC(N)Cc1cccn1Cc1cc(OC)ccc1Br. The van der Waals surface area contributed by atoms with Crippen molar-refractivity contribution in [2.45, 2.75) is 32.4 Å². The summed E-state index contributed by atoms with van der Waals surface area (Å²) in [4.78, 5) is 0. The molecule has 0 radical (unpaired) electrons. The minimum absolute atomic E-state index is 0.220. The molecule has 0 bridgehead atoms. The maximum atomic E-state index is 6.06. The van der Waals surface area contributed by atoms with Crippen molar-refractivity contribution in [3.63, 3.8) is 0 Å². The van der Waals surface area contributed by atoms with Gasteiger partial charge in [0.15, 0.2) is 0 Å². The predicted octanol–water partition coefficient (Wildman–Crippen LogP) is 3.59. The van der Waals surface area contributed by atoms with Gasteiger partial charge in [-0.15, -0.1) is 0 Å². The molecule has 1 aromatic carbocycles. The molecule has 4 heteroatoms. The minimum atomic E-state index is 0.220. The van der Waals surface area contributed by atoms with Crippen molar-refractivity contribution in [2.75, 3.05) is 7.11 Å². The Morgan fingerprint density at radius 3 is 2.85 bits per heavy atom. The van der Waals surface area contributed by atoms with Gasteiger partial charge in [0, 0.05) is 35.4 Å². The largest absolute Gasteiger partial charge is 0.497 e. The van der Waals surface area contributed by atoms with Gasteiger partial charge in [0.25, 0.3) is 0 Å². The van der Waals surface area contributed by atoms with E-state index in [4.69, 9.17) is 10.5 Å². The van der Waals surface area contributed by atoms with Crippen LogP contribution in [0.15, 0.2) is 41.0 Å². The van der Waals surface area contributed by atoms with Crippen LogP contribution >= 0.6 is 15.9 Å². The Balaban J connectivity index is 2.20. The van der Waals surface area contributed by atoms with Crippen LogP contribution in [0.25, 0.3) is 0 Å². The average Bonchev–Trinajstić information content (AvgIpc) is 2.88. The molecule has 2 N–H and O–H groups in total. The van der Waals surface area contributed by atoms with Crippen molar-refractivity contribution in [3.8, 4) is 5.75 Å². The van der Waals surface area contributed by atoms with Gasteiger partial charge in [-0.1, -0.05) is 22.9 Å². The molecule has 0 saturated heterocycles. The number of aromatic nitrogens is 1. The number of benzene rings is 1. The molecule has 0 aliphatic rings. The second-order valence-corrected chi connectivity index (χ2v) is 5.81. The highest BCUT2D eigenvalue weighted by Gasteiger charge is 2.08. The zero-order chi connectivity index (χ0) is 14.5. The summed E-state index contributed by atoms with van der Waals surface area (Å²) in [6.07, 6.45) is 4.00. The molecule has 0 fully saturated rings. The highest BCUT2D eigenvalue weighted by Crippen LogP contribution is 2.24.